The fraction of sp³-hybridized carbons (Fsp3) is 0.636. The molecular formula is C11H15N3O2. The summed E-state index contributed by atoms with van der Waals surface area (Å²) in [5.74, 6) is 0. The van der Waals surface area contributed by atoms with Gasteiger partial charge in [0.05, 0.1) is 0 Å². The van der Waals surface area contributed by atoms with Crippen molar-refractivity contribution in [1.29, 1.82) is 0 Å². The molecule has 1 aliphatic heterocycles. The summed E-state index contributed by atoms with van der Waals surface area (Å²) in [6.45, 7) is 1.66. The van der Waals surface area contributed by atoms with Crippen molar-refractivity contribution in [2.24, 2.45) is 5.41 Å². The molecule has 2 heterocycles. The first-order chi connectivity index (χ1) is 7.80. The van der Waals surface area contributed by atoms with Gasteiger partial charge < -0.3 is 10.1 Å². The summed E-state index contributed by atoms with van der Waals surface area (Å²) in [6.07, 6.45) is 8.03. The molecule has 2 aliphatic rings. The van der Waals surface area contributed by atoms with E-state index in [0.29, 0.717) is 11.5 Å². The number of nitrogens with one attached hydrogen (secondary N) is 1. The van der Waals surface area contributed by atoms with Gasteiger partial charge in [0.25, 0.3) is 0 Å². The van der Waals surface area contributed by atoms with E-state index in [1.165, 1.54) is 10.9 Å². The third-order valence-corrected chi connectivity index (χ3v) is 3.71. The Hall–Kier alpha value is -1.36. The minimum atomic E-state index is -0.0779. The fourth-order valence-corrected chi connectivity index (χ4v) is 2.49. The van der Waals surface area contributed by atoms with Crippen LogP contribution >= 0.6 is 0 Å². The zero-order valence-corrected chi connectivity index (χ0v) is 9.06. The van der Waals surface area contributed by atoms with E-state index in [-0.39, 0.29) is 6.03 Å². The molecular weight excluding hydrogens is 206 g/mol. The van der Waals surface area contributed by atoms with Crippen molar-refractivity contribution in [2.75, 3.05) is 13.2 Å². The van der Waals surface area contributed by atoms with Crippen LogP contribution in [-0.4, -0.2) is 34.8 Å². The first-order valence-electron chi connectivity index (χ1n) is 5.67. The molecule has 16 heavy (non-hydrogen) atoms. The maximum Gasteiger partial charge on any atom is 0.327 e. The third kappa shape index (κ3) is 1.61. The van der Waals surface area contributed by atoms with Gasteiger partial charge in [-0.25, -0.2) is 9.78 Å². The highest BCUT2D eigenvalue weighted by Gasteiger charge is 2.55. The molecule has 1 aromatic heterocycles. The number of carbonyl (C=O) groups is 1. The molecule has 1 spiro atoms. The molecule has 1 unspecified atom stereocenters. The Bertz CT molecular complexity index is 382. The van der Waals surface area contributed by atoms with Crippen molar-refractivity contribution in [3.05, 3.63) is 18.7 Å². The monoisotopic (exact) mass is 221 g/mol. The van der Waals surface area contributed by atoms with E-state index in [0.717, 1.165) is 32.5 Å². The molecule has 1 saturated heterocycles. The van der Waals surface area contributed by atoms with Gasteiger partial charge in [-0.3, -0.25) is 4.57 Å². The molecule has 1 atom stereocenters. The topological polar surface area (TPSA) is 56.1 Å². The number of amides is 1. The number of imidazole rings is 1. The number of ether oxygens (including phenoxy) is 1. The summed E-state index contributed by atoms with van der Waals surface area (Å²) in [5.41, 5.74) is 0.328. The first-order valence-corrected chi connectivity index (χ1v) is 5.67. The normalized spacial score (nSPS) is 26.6. The smallest absolute Gasteiger partial charge is 0.327 e. The van der Waals surface area contributed by atoms with Gasteiger partial charge in [0.1, 0.15) is 6.33 Å². The second kappa shape index (κ2) is 3.59. The Morgan fingerprint density at radius 1 is 1.50 bits per heavy atom. The van der Waals surface area contributed by atoms with Gasteiger partial charge >= 0.3 is 6.03 Å². The molecule has 0 aromatic carbocycles. The largest absolute Gasteiger partial charge is 0.381 e. The number of carbonyl (C=O) groups excluding carboxylic acids is 1. The summed E-state index contributed by atoms with van der Waals surface area (Å²) >= 11 is 0. The molecule has 5 nitrogen and oxygen atoms in total. The summed E-state index contributed by atoms with van der Waals surface area (Å²) in [5, 5.41) is 3.05. The van der Waals surface area contributed by atoms with Crippen LogP contribution in [-0.2, 0) is 4.74 Å². The average molecular weight is 221 g/mol. The zero-order valence-electron chi connectivity index (χ0n) is 9.06. The molecule has 0 bridgehead atoms. The highest BCUT2D eigenvalue weighted by Crippen LogP contribution is 2.53. The molecule has 1 aromatic rings. The quantitative estimate of drug-likeness (QED) is 0.770. The van der Waals surface area contributed by atoms with Crippen LogP contribution < -0.4 is 5.32 Å². The van der Waals surface area contributed by atoms with Gasteiger partial charge in [0, 0.05) is 31.6 Å². The minimum Gasteiger partial charge on any atom is -0.381 e. The molecule has 1 aliphatic carbocycles. The SMILES string of the molecule is O=C(NC1CC12CCOCC2)n1ccnc1. The van der Waals surface area contributed by atoms with Crippen molar-refractivity contribution >= 4 is 6.03 Å². The standard InChI is InChI=1S/C11H15N3O2/c15-10(14-4-3-12-8-14)13-9-7-11(9)1-5-16-6-2-11/h3-4,8-9H,1-2,5-7H2,(H,13,15). The Morgan fingerprint density at radius 3 is 3.00 bits per heavy atom. The van der Waals surface area contributed by atoms with Gasteiger partial charge in [0.2, 0.25) is 0 Å². The van der Waals surface area contributed by atoms with E-state index in [1.807, 2.05) is 0 Å². The van der Waals surface area contributed by atoms with Crippen molar-refractivity contribution in [3.63, 3.8) is 0 Å². The second-order valence-corrected chi connectivity index (χ2v) is 4.65. The number of hydrogen-bond acceptors (Lipinski definition) is 3. The van der Waals surface area contributed by atoms with Gasteiger partial charge in [0.15, 0.2) is 0 Å². The van der Waals surface area contributed by atoms with Crippen molar-refractivity contribution in [3.8, 4) is 0 Å². The summed E-state index contributed by atoms with van der Waals surface area (Å²) < 4.78 is 6.82. The lowest BCUT2D eigenvalue weighted by Gasteiger charge is -2.22. The van der Waals surface area contributed by atoms with Crippen molar-refractivity contribution in [2.45, 2.75) is 25.3 Å². The third-order valence-electron chi connectivity index (χ3n) is 3.71. The van der Waals surface area contributed by atoms with Crippen LogP contribution in [0, 0.1) is 5.41 Å². The molecule has 1 saturated carbocycles. The predicted octanol–water partition coefficient (Wildman–Crippen LogP) is 1.01. The van der Waals surface area contributed by atoms with Crippen LogP contribution in [0.2, 0.25) is 0 Å². The Morgan fingerprint density at radius 2 is 2.31 bits per heavy atom. The van der Waals surface area contributed by atoms with Crippen molar-refractivity contribution < 1.29 is 9.53 Å². The number of nitrogens with zero attached hydrogens (tertiary/aromatic N) is 2. The van der Waals surface area contributed by atoms with Crippen molar-refractivity contribution in [1.82, 2.24) is 14.9 Å². The highest BCUT2D eigenvalue weighted by atomic mass is 16.5. The lowest BCUT2D eigenvalue weighted by atomic mass is 9.96. The Kier molecular flexibility index (Phi) is 2.21. The summed E-state index contributed by atoms with van der Waals surface area (Å²) in [7, 11) is 0. The van der Waals surface area contributed by atoms with E-state index < -0.39 is 0 Å². The Labute approximate surface area is 93.8 Å². The van der Waals surface area contributed by atoms with Crippen LogP contribution in [0.1, 0.15) is 19.3 Å². The van der Waals surface area contributed by atoms with Crippen LogP contribution in [0.15, 0.2) is 18.7 Å². The number of hydrogen-bond donors (Lipinski definition) is 1. The van der Waals surface area contributed by atoms with E-state index in [4.69, 9.17) is 4.74 Å². The first kappa shape index (κ1) is 9.84. The molecule has 86 valence electrons. The molecule has 1 amide bonds. The zero-order chi connectivity index (χ0) is 11.0. The fourth-order valence-electron chi connectivity index (χ4n) is 2.49. The Balaban J connectivity index is 1.59. The minimum absolute atomic E-state index is 0.0779. The molecule has 1 N–H and O–H groups in total. The highest BCUT2D eigenvalue weighted by molar-refractivity contribution is 5.77. The van der Waals surface area contributed by atoms with Gasteiger partial charge in [-0.2, -0.15) is 0 Å². The van der Waals surface area contributed by atoms with Gasteiger partial charge in [-0.1, -0.05) is 0 Å². The number of rotatable bonds is 1. The second-order valence-electron chi connectivity index (χ2n) is 4.65. The van der Waals surface area contributed by atoms with Gasteiger partial charge in [-0.05, 0) is 24.7 Å². The summed E-state index contributed by atoms with van der Waals surface area (Å²) in [6, 6.07) is 0.247. The predicted molar refractivity (Wildman–Crippen MR) is 57.0 cm³/mol. The molecule has 0 radical (unpaired) electrons. The number of aromatic nitrogens is 2. The average Bonchev–Trinajstić information content (AvgIpc) is 2.78. The van der Waals surface area contributed by atoms with Crippen LogP contribution in [0.4, 0.5) is 4.79 Å². The lowest BCUT2D eigenvalue weighted by molar-refractivity contribution is 0.0547. The lowest BCUT2D eigenvalue weighted by Crippen LogP contribution is -2.34. The molecule has 3 rings (SSSR count). The summed E-state index contributed by atoms with van der Waals surface area (Å²) in [4.78, 5) is 15.6. The van der Waals surface area contributed by atoms with E-state index in [2.05, 4.69) is 10.3 Å². The van der Waals surface area contributed by atoms with Crippen LogP contribution in [0.25, 0.3) is 0 Å². The van der Waals surface area contributed by atoms with Crippen LogP contribution in [0.5, 0.6) is 0 Å². The van der Waals surface area contributed by atoms with Crippen LogP contribution in [0.3, 0.4) is 0 Å². The van der Waals surface area contributed by atoms with E-state index >= 15 is 0 Å². The maximum atomic E-state index is 11.8. The van der Waals surface area contributed by atoms with E-state index in [1.54, 1.807) is 12.4 Å². The molecule has 5 heteroatoms. The van der Waals surface area contributed by atoms with Gasteiger partial charge in [-0.15, -0.1) is 0 Å². The molecule has 2 fully saturated rings. The van der Waals surface area contributed by atoms with E-state index in [9.17, 15) is 4.79 Å². The maximum absolute atomic E-state index is 11.8.